The first-order valence-corrected chi connectivity index (χ1v) is 6.57. The minimum atomic E-state index is 0.140. The number of rotatable bonds is 3. The van der Waals surface area contributed by atoms with Crippen LogP contribution in [0.1, 0.15) is 31.4 Å². The Morgan fingerprint density at radius 3 is 2.71 bits per heavy atom. The standard InChI is InChI=1S/C15H23NO/c1-11(2)13-6-7-16(9-13)15-5-4-14(10-17)12(3)8-15/h4-5,8,11,13,17H,6-7,9-10H2,1-3H3. The highest BCUT2D eigenvalue weighted by molar-refractivity contribution is 5.51. The lowest BCUT2D eigenvalue weighted by Gasteiger charge is -2.21. The Hall–Kier alpha value is -1.02. The van der Waals surface area contributed by atoms with Crippen molar-refractivity contribution < 1.29 is 5.11 Å². The van der Waals surface area contributed by atoms with Gasteiger partial charge in [-0.3, -0.25) is 0 Å². The van der Waals surface area contributed by atoms with Gasteiger partial charge in [-0.05, 0) is 48.4 Å². The molecule has 2 heteroatoms. The van der Waals surface area contributed by atoms with Gasteiger partial charge < -0.3 is 10.0 Å². The van der Waals surface area contributed by atoms with Gasteiger partial charge in [0.05, 0.1) is 6.61 Å². The van der Waals surface area contributed by atoms with Crippen LogP contribution in [0.4, 0.5) is 5.69 Å². The molecule has 1 aliphatic rings. The van der Waals surface area contributed by atoms with Crippen LogP contribution in [0.25, 0.3) is 0 Å². The average molecular weight is 233 g/mol. The van der Waals surface area contributed by atoms with Crippen molar-refractivity contribution in [1.82, 2.24) is 0 Å². The molecular weight excluding hydrogens is 210 g/mol. The van der Waals surface area contributed by atoms with Gasteiger partial charge in [0.15, 0.2) is 0 Å². The molecule has 0 amide bonds. The van der Waals surface area contributed by atoms with E-state index in [0.717, 1.165) is 17.4 Å². The van der Waals surface area contributed by atoms with Crippen molar-refractivity contribution in [2.24, 2.45) is 11.8 Å². The third-order valence-corrected chi connectivity index (χ3v) is 4.03. The zero-order valence-corrected chi connectivity index (χ0v) is 11.1. The molecule has 94 valence electrons. The fraction of sp³-hybridized carbons (Fsp3) is 0.600. The summed E-state index contributed by atoms with van der Waals surface area (Å²) in [6.07, 6.45) is 1.30. The van der Waals surface area contributed by atoms with Crippen molar-refractivity contribution in [3.05, 3.63) is 29.3 Å². The van der Waals surface area contributed by atoms with Gasteiger partial charge in [-0.1, -0.05) is 19.9 Å². The Morgan fingerprint density at radius 2 is 2.18 bits per heavy atom. The van der Waals surface area contributed by atoms with Gasteiger partial charge in [-0.25, -0.2) is 0 Å². The lowest BCUT2D eigenvalue weighted by molar-refractivity contribution is 0.281. The summed E-state index contributed by atoms with van der Waals surface area (Å²) >= 11 is 0. The van der Waals surface area contributed by atoms with Crippen LogP contribution in [0, 0.1) is 18.8 Å². The second kappa shape index (κ2) is 5.09. The molecule has 0 bridgehead atoms. The van der Waals surface area contributed by atoms with Crippen molar-refractivity contribution in [1.29, 1.82) is 0 Å². The molecule has 0 saturated carbocycles. The van der Waals surface area contributed by atoms with Crippen molar-refractivity contribution in [2.45, 2.75) is 33.8 Å². The van der Waals surface area contributed by atoms with Crippen LogP contribution in [0.3, 0.4) is 0 Å². The van der Waals surface area contributed by atoms with Gasteiger partial charge in [0.1, 0.15) is 0 Å². The molecule has 0 spiro atoms. The van der Waals surface area contributed by atoms with E-state index >= 15 is 0 Å². The summed E-state index contributed by atoms with van der Waals surface area (Å²) < 4.78 is 0. The first-order chi connectivity index (χ1) is 8.11. The van der Waals surface area contributed by atoms with E-state index in [4.69, 9.17) is 0 Å². The predicted molar refractivity (Wildman–Crippen MR) is 72.3 cm³/mol. The van der Waals surface area contributed by atoms with Gasteiger partial charge in [0.2, 0.25) is 0 Å². The second-order valence-corrected chi connectivity index (χ2v) is 5.51. The largest absolute Gasteiger partial charge is 0.392 e. The number of aliphatic hydroxyl groups excluding tert-OH is 1. The van der Waals surface area contributed by atoms with E-state index in [1.54, 1.807) is 0 Å². The van der Waals surface area contributed by atoms with Crippen LogP contribution in [0.5, 0.6) is 0 Å². The Labute approximate surface area is 104 Å². The summed E-state index contributed by atoms with van der Waals surface area (Å²) in [6.45, 7) is 9.19. The van der Waals surface area contributed by atoms with Crippen LogP contribution in [-0.2, 0) is 6.61 Å². The molecule has 17 heavy (non-hydrogen) atoms. The maximum atomic E-state index is 9.18. The Bertz CT molecular complexity index is 387. The van der Waals surface area contributed by atoms with E-state index in [0.29, 0.717) is 0 Å². The van der Waals surface area contributed by atoms with Gasteiger partial charge >= 0.3 is 0 Å². The van der Waals surface area contributed by atoms with Gasteiger partial charge in [-0.2, -0.15) is 0 Å². The minimum Gasteiger partial charge on any atom is -0.392 e. The molecule has 2 rings (SSSR count). The fourth-order valence-corrected chi connectivity index (χ4v) is 2.62. The molecule has 0 radical (unpaired) electrons. The molecule has 1 heterocycles. The quantitative estimate of drug-likeness (QED) is 0.867. The maximum absolute atomic E-state index is 9.18. The summed E-state index contributed by atoms with van der Waals surface area (Å²) in [6, 6.07) is 6.39. The zero-order chi connectivity index (χ0) is 12.4. The average Bonchev–Trinajstić information content (AvgIpc) is 2.78. The molecule has 2 nitrogen and oxygen atoms in total. The molecule has 1 atom stereocenters. The SMILES string of the molecule is Cc1cc(N2CCC(C(C)C)C2)ccc1CO. The number of anilines is 1. The number of hydrogen-bond acceptors (Lipinski definition) is 2. The zero-order valence-electron chi connectivity index (χ0n) is 11.1. The smallest absolute Gasteiger partial charge is 0.0684 e. The Balaban J connectivity index is 2.11. The van der Waals surface area contributed by atoms with Gasteiger partial charge in [-0.15, -0.1) is 0 Å². The van der Waals surface area contributed by atoms with Crippen molar-refractivity contribution in [3.63, 3.8) is 0 Å². The van der Waals surface area contributed by atoms with Crippen LogP contribution in [0.15, 0.2) is 18.2 Å². The lowest BCUT2D eigenvalue weighted by Crippen LogP contribution is -2.21. The van der Waals surface area contributed by atoms with Gasteiger partial charge in [0.25, 0.3) is 0 Å². The first-order valence-electron chi connectivity index (χ1n) is 6.57. The van der Waals surface area contributed by atoms with Crippen LogP contribution >= 0.6 is 0 Å². The third-order valence-electron chi connectivity index (χ3n) is 4.03. The van der Waals surface area contributed by atoms with Crippen LogP contribution in [-0.4, -0.2) is 18.2 Å². The number of nitrogens with zero attached hydrogens (tertiary/aromatic N) is 1. The van der Waals surface area contributed by atoms with Crippen LogP contribution < -0.4 is 4.90 Å². The van der Waals surface area contributed by atoms with Crippen molar-refractivity contribution in [3.8, 4) is 0 Å². The summed E-state index contributed by atoms with van der Waals surface area (Å²) in [5.74, 6) is 1.60. The first kappa shape index (κ1) is 12.4. The maximum Gasteiger partial charge on any atom is 0.0684 e. The summed E-state index contributed by atoms with van der Waals surface area (Å²) in [7, 11) is 0. The molecule has 1 unspecified atom stereocenters. The number of aryl methyl sites for hydroxylation is 1. The molecule has 1 fully saturated rings. The molecular formula is C15H23NO. The molecule has 1 aromatic carbocycles. The normalized spacial score (nSPS) is 20.3. The van der Waals surface area contributed by atoms with Crippen molar-refractivity contribution >= 4 is 5.69 Å². The highest BCUT2D eigenvalue weighted by Gasteiger charge is 2.24. The molecule has 1 aliphatic heterocycles. The Kier molecular flexibility index (Phi) is 3.72. The second-order valence-electron chi connectivity index (χ2n) is 5.51. The van der Waals surface area contributed by atoms with Gasteiger partial charge in [0, 0.05) is 18.8 Å². The molecule has 1 N–H and O–H groups in total. The van der Waals surface area contributed by atoms with E-state index in [-0.39, 0.29) is 6.61 Å². The van der Waals surface area contributed by atoms with E-state index in [1.165, 1.54) is 30.8 Å². The monoisotopic (exact) mass is 233 g/mol. The topological polar surface area (TPSA) is 23.5 Å². The van der Waals surface area contributed by atoms with Crippen LogP contribution in [0.2, 0.25) is 0 Å². The van der Waals surface area contributed by atoms with E-state index in [2.05, 4.69) is 37.8 Å². The summed E-state index contributed by atoms with van der Waals surface area (Å²) in [5.41, 5.74) is 3.54. The summed E-state index contributed by atoms with van der Waals surface area (Å²) in [4.78, 5) is 2.47. The van der Waals surface area contributed by atoms with E-state index < -0.39 is 0 Å². The third kappa shape index (κ3) is 2.63. The number of hydrogen-bond donors (Lipinski definition) is 1. The number of benzene rings is 1. The predicted octanol–water partition coefficient (Wildman–Crippen LogP) is 2.97. The fourth-order valence-electron chi connectivity index (χ4n) is 2.62. The molecule has 1 saturated heterocycles. The molecule has 0 aromatic heterocycles. The lowest BCUT2D eigenvalue weighted by atomic mass is 9.95. The summed E-state index contributed by atoms with van der Waals surface area (Å²) in [5, 5.41) is 9.18. The Morgan fingerprint density at radius 1 is 1.41 bits per heavy atom. The molecule has 1 aromatic rings. The van der Waals surface area contributed by atoms with E-state index in [9.17, 15) is 5.11 Å². The highest BCUT2D eigenvalue weighted by Crippen LogP contribution is 2.29. The van der Waals surface area contributed by atoms with E-state index in [1.807, 2.05) is 6.07 Å². The highest BCUT2D eigenvalue weighted by atomic mass is 16.3. The minimum absolute atomic E-state index is 0.140. The molecule has 0 aliphatic carbocycles. The number of aliphatic hydroxyl groups is 1. The van der Waals surface area contributed by atoms with Crippen molar-refractivity contribution in [2.75, 3.05) is 18.0 Å².